The van der Waals surface area contributed by atoms with Crippen molar-refractivity contribution in [2.24, 2.45) is 5.92 Å². The molecule has 2 nitrogen and oxygen atoms in total. The first kappa shape index (κ1) is 13.6. The molecule has 3 rings (SSSR count). The maximum atomic E-state index is 10.8. The maximum absolute atomic E-state index is 10.8. The molecule has 0 radical (unpaired) electrons. The van der Waals surface area contributed by atoms with Crippen LogP contribution in [0.25, 0.3) is 0 Å². The van der Waals surface area contributed by atoms with Crippen molar-refractivity contribution >= 4 is 15.9 Å². The molecule has 0 aromatic heterocycles. The standard InChI is InChI=1S/C16H21BrO2/c1-3-16-7-6-15(2,19)13(14(16)18)9-10-8-11(17)4-5-12(10)16/h4-5,8,13-14,18-19H,3,6-7,9H2,1-2H3/t13?,14?,15?,16-/m0/s1. The number of halogens is 1. The highest BCUT2D eigenvalue weighted by molar-refractivity contribution is 9.10. The fraction of sp³-hybridized carbons (Fsp3) is 0.625. The van der Waals surface area contributed by atoms with Crippen LogP contribution in [-0.2, 0) is 11.8 Å². The molecule has 2 bridgehead atoms. The molecule has 1 saturated carbocycles. The molecule has 0 aliphatic heterocycles. The zero-order chi connectivity index (χ0) is 13.8. The summed E-state index contributed by atoms with van der Waals surface area (Å²) in [5.74, 6) is -0.0528. The Hall–Kier alpha value is -0.380. The Morgan fingerprint density at radius 2 is 2.11 bits per heavy atom. The van der Waals surface area contributed by atoms with Crippen LogP contribution in [0.4, 0.5) is 0 Å². The Morgan fingerprint density at radius 1 is 1.37 bits per heavy atom. The van der Waals surface area contributed by atoms with E-state index in [0.29, 0.717) is 0 Å². The lowest BCUT2D eigenvalue weighted by Gasteiger charge is -2.55. The van der Waals surface area contributed by atoms with Gasteiger partial charge in [0.15, 0.2) is 0 Å². The second-order valence-electron chi connectivity index (χ2n) is 6.42. The van der Waals surface area contributed by atoms with Crippen LogP contribution in [0.15, 0.2) is 22.7 Å². The molecule has 2 aliphatic rings. The van der Waals surface area contributed by atoms with Crippen LogP contribution in [-0.4, -0.2) is 21.9 Å². The third-order valence-electron chi connectivity index (χ3n) is 5.50. The molecule has 1 fully saturated rings. The topological polar surface area (TPSA) is 40.5 Å². The summed E-state index contributed by atoms with van der Waals surface area (Å²) in [6.07, 6.45) is 2.90. The van der Waals surface area contributed by atoms with Crippen LogP contribution in [0.5, 0.6) is 0 Å². The van der Waals surface area contributed by atoms with Crippen molar-refractivity contribution in [2.45, 2.75) is 56.7 Å². The quantitative estimate of drug-likeness (QED) is 0.833. The van der Waals surface area contributed by atoms with Gasteiger partial charge in [-0.2, -0.15) is 0 Å². The maximum Gasteiger partial charge on any atom is 0.0695 e. The Balaban J connectivity index is 2.19. The van der Waals surface area contributed by atoms with E-state index in [1.807, 2.05) is 6.92 Å². The number of fused-ring (bicyclic) bond motifs is 4. The number of hydrogen-bond acceptors (Lipinski definition) is 2. The van der Waals surface area contributed by atoms with Crippen molar-refractivity contribution in [3.8, 4) is 0 Å². The lowest BCUT2D eigenvalue weighted by atomic mass is 9.53. The van der Waals surface area contributed by atoms with E-state index in [4.69, 9.17) is 0 Å². The fourth-order valence-corrected chi connectivity index (χ4v) is 4.60. The number of benzene rings is 1. The Bertz CT molecular complexity index is 511. The van der Waals surface area contributed by atoms with Gasteiger partial charge in [-0.05, 0) is 55.9 Å². The summed E-state index contributed by atoms with van der Waals surface area (Å²) >= 11 is 3.53. The summed E-state index contributed by atoms with van der Waals surface area (Å²) in [6, 6.07) is 6.37. The van der Waals surface area contributed by atoms with Gasteiger partial charge >= 0.3 is 0 Å². The lowest BCUT2D eigenvalue weighted by molar-refractivity contribution is -0.134. The molecular weight excluding hydrogens is 304 g/mol. The largest absolute Gasteiger partial charge is 0.392 e. The molecular formula is C16H21BrO2. The average molecular weight is 325 g/mol. The van der Waals surface area contributed by atoms with Crippen molar-refractivity contribution in [1.29, 1.82) is 0 Å². The summed E-state index contributed by atoms with van der Waals surface area (Å²) < 4.78 is 1.08. The van der Waals surface area contributed by atoms with Crippen molar-refractivity contribution in [3.05, 3.63) is 33.8 Å². The third-order valence-corrected chi connectivity index (χ3v) is 5.99. The predicted octanol–water partition coefficient (Wildman–Crippen LogP) is 3.17. The van der Waals surface area contributed by atoms with Crippen LogP contribution in [0.2, 0.25) is 0 Å². The van der Waals surface area contributed by atoms with Crippen LogP contribution < -0.4 is 0 Å². The molecule has 1 aromatic rings. The zero-order valence-corrected chi connectivity index (χ0v) is 13.1. The normalized spacial score (nSPS) is 40.9. The van der Waals surface area contributed by atoms with Gasteiger partial charge in [0.25, 0.3) is 0 Å². The first-order chi connectivity index (χ1) is 8.90. The van der Waals surface area contributed by atoms with E-state index in [-0.39, 0.29) is 11.3 Å². The Morgan fingerprint density at radius 3 is 2.79 bits per heavy atom. The molecule has 3 unspecified atom stereocenters. The fourth-order valence-electron chi connectivity index (χ4n) is 4.19. The molecule has 3 heteroatoms. The van der Waals surface area contributed by atoms with Crippen molar-refractivity contribution in [2.75, 3.05) is 0 Å². The molecule has 19 heavy (non-hydrogen) atoms. The summed E-state index contributed by atoms with van der Waals surface area (Å²) in [4.78, 5) is 0. The molecule has 4 atom stereocenters. The van der Waals surface area contributed by atoms with E-state index >= 15 is 0 Å². The average Bonchev–Trinajstić information content (AvgIpc) is 2.36. The number of hydrogen-bond donors (Lipinski definition) is 2. The Kier molecular flexibility index (Phi) is 3.08. The lowest BCUT2D eigenvalue weighted by Crippen LogP contribution is -2.60. The van der Waals surface area contributed by atoms with Gasteiger partial charge in [-0.15, -0.1) is 0 Å². The van der Waals surface area contributed by atoms with Gasteiger partial charge in [-0.25, -0.2) is 0 Å². The molecule has 0 saturated heterocycles. The highest BCUT2D eigenvalue weighted by Gasteiger charge is 2.56. The molecule has 2 aliphatic carbocycles. The van der Waals surface area contributed by atoms with Gasteiger partial charge < -0.3 is 10.2 Å². The monoisotopic (exact) mass is 324 g/mol. The van der Waals surface area contributed by atoms with E-state index in [9.17, 15) is 10.2 Å². The predicted molar refractivity (Wildman–Crippen MR) is 79.2 cm³/mol. The second kappa shape index (κ2) is 4.31. The first-order valence-corrected chi connectivity index (χ1v) is 7.89. The van der Waals surface area contributed by atoms with Crippen molar-refractivity contribution < 1.29 is 10.2 Å². The van der Waals surface area contributed by atoms with Gasteiger partial charge in [0.05, 0.1) is 11.7 Å². The van der Waals surface area contributed by atoms with Gasteiger partial charge in [0.2, 0.25) is 0 Å². The van der Waals surface area contributed by atoms with Gasteiger partial charge in [0, 0.05) is 15.8 Å². The number of aliphatic hydroxyl groups is 2. The van der Waals surface area contributed by atoms with Crippen LogP contribution in [0.3, 0.4) is 0 Å². The summed E-state index contributed by atoms with van der Waals surface area (Å²) in [6.45, 7) is 4.03. The van der Waals surface area contributed by atoms with Crippen molar-refractivity contribution in [1.82, 2.24) is 0 Å². The first-order valence-electron chi connectivity index (χ1n) is 7.10. The van der Waals surface area contributed by atoms with Gasteiger partial charge in [0.1, 0.15) is 0 Å². The minimum absolute atomic E-state index is 0.0528. The number of rotatable bonds is 1. The minimum Gasteiger partial charge on any atom is -0.392 e. The van der Waals surface area contributed by atoms with Gasteiger partial charge in [-0.1, -0.05) is 28.9 Å². The van der Waals surface area contributed by atoms with Crippen molar-refractivity contribution in [3.63, 3.8) is 0 Å². The van der Waals surface area contributed by atoms with E-state index in [1.165, 1.54) is 11.1 Å². The minimum atomic E-state index is -0.752. The molecule has 2 N–H and O–H groups in total. The molecule has 0 amide bonds. The summed E-state index contributed by atoms with van der Waals surface area (Å²) in [5.41, 5.74) is 1.66. The van der Waals surface area contributed by atoms with Gasteiger partial charge in [-0.3, -0.25) is 0 Å². The third kappa shape index (κ3) is 1.82. The summed E-state index contributed by atoms with van der Waals surface area (Å²) in [7, 11) is 0. The highest BCUT2D eigenvalue weighted by Crippen LogP contribution is 2.53. The van der Waals surface area contributed by atoms with E-state index in [0.717, 1.165) is 30.2 Å². The SMILES string of the molecule is CC[C@]12CCC(C)(O)C(Cc3cc(Br)ccc31)C2O. The second-order valence-corrected chi connectivity index (χ2v) is 7.34. The Labute approximate surface area is 123 Å². The van der Waals surface area contributed by atoms with Crippen LogP contribution >= 0.6 is 15.9 Å². The smallest absolute Gasteiger partial charge is 0.0695 e. The molecule has 0 heterocycles. The van der Waals surface area contributed by atoms with Crippen LogP contribution in [0, 0.1) is 5.92 Å². The van der Waals surface area contributed by atoms with E-state index < -0.39 is 11.7 Å². The van der Waals surface area contributed by atoms with Crippen LogP contribution in [0.1, 0.15) is 44.2 Å². The highest BCUT2D eigenvalue weighted by atomic mass is 79.9. The summed E-state index contributed by atoms with van der Waals surface area (Å²) in [5, 5.41) is 21.4. The molecule has 0 spiro atoms. The van der Waals surface area contributed by atoms with E-state index in [2.05, 4.69) is 41.1 Å². The molecule has 104 valence electrons. The van der Waals surface area contributed by atoms with E-state index in [1.54, 1.807) is 0 Å². The molecule has 1 aromatic carbocycles. The zero-order valence-electron chi connectivity index (χ0n) is 11.5. The number of aliphatic hydroxyl groups excluding tert-OH is 1.